The van der Waals surface area contributed by atoms with Crippen LogP contribution in [0.4, 0.5) is 0 Å². The number of benzene rings is 1. The minimum Gasteiger partial charge on any atom is -0.507 e. The molecule has 5 rings (SSSR count). The van der Waals surface area contributed by atoms with E-state index in [4.69, 9.17) is 5.73 Å². The molecular weight excluding hydrogens is 510 g/mol. The lowest BCUT2D eigenvalue weighted by Gasteiger charge is -2.53. The Bertz CT molecular complexity index is 1430. The van der Waals surface area contributed by atoms with E-state index < -0.39 is 58.7 Å². The normalized spacial score (nSPS) is 30.9. The summed E-state index contributed by atoms with van der Waals surface area (Å²) < 4.78 is 0. The number of phenolic OH excluding ortho intramolecular Hbond substituents is 1. The zero-order valence-electron chi connectivity index (χ0n) is 21.1. The lowest BCUT2D eigenvalue weighted by atomic mass is 9.54. The van der Waals surface area contributed by atoms with Crippen molar-refractivity contribution < 1.29 is 34.8 Å². The SMILES string of the molecule is Cc1ncsc1/C=C/c1ccc(O)c2c1C[C@H]1C[C@H]3[C@H](N(C)C)C(O)C(C(N)=O)C(=O)[C@@]3(O)C(=O)C1=C2O. The van der Waals surface area contributed by atoms with Gasteiger partial charge in [0.1, 0.15) is 17.4 Å². The monoisotopic (exact) mass is 539 g/mol. The number of hydrogen-bond acceptors (Lipinski definition) is 10. The summed E-state index contributed by atoms with van der Waals surface area (Å²) in [5, 5.41) is 44.6. The molecule has 2 saturated carbocycles. The predicted octanol–water partition coefficient (Wildman–Crippen LogP) is 1.06. The summed E-state index contributed by atoms with van der Waals surface area (Å²) >= 11 is 1.47. The number of hydrogen-bond donors (Lipinski definition) is 5. The highest BCUT2D eigenvalue weighted by Gasteiger charge is 2.67. The first-order valence-electron chi connectivity index (χ1n) is 12.2. The first kappa shape index (κ1) is 26.2. The van der Waals surface area contributed by atoms with Crippen LogP contribution >= 0.6 is 11.3 Å². The molecule has 3 aliphatic rings. The number of thiazole rings is 1. The number of nitrogens with zero attached hydrogens (tertiary/aromatic N) is 2. The van der Waals surface area contributed by atoms with Gasteiger partial charge >= 0.3 is 0 Å². The van der Waals surface area contributed by atoms with E-state index in [2.05, 4.69) is 4.98 Å². The number of Topliss-reactive ketones (excluding diaryl/α,β-unsaturated/α-hetero) is 2. The van der Waals surface area contributed by atoms with Crippen molar-refractivity contribution in [3.05, 3.63) is 50.5 Å². The summed E-state index contributed by atoms with van der Waals surface area (Å²) in [7, 11) is 3.24. The van der Waals surface area contributed by atoms with Gasteiger partial charge in [-0.1, -0.05) is 12.1 Å². The number of amides is 1. The largest absolute Gasteiger partial charge is 0.507 e. The Labute approximate surface area is 222 Å². The number of aromatic nitrogens is 1. The smallest absolute Gasteiger partial charge is 0.230 e. The van der Waals surface area contributed by atoms with Gasteiger partial charge in [0.25, 0.3) is 0 Å². The van der Waals surface area contributed by atoms with Crippen LogP contribution in [0.5, 0.6) is 5.75 Å². The zero-order valence-corrected chi connectivity index (χ0v) is 21.9. The molecule has 38 heavy (non-hydrogen) atoms. The molecule has 1 heterocycles. The molecule has 6 N–H and O–H groups in total. The topological polar surface area (TPSA) is 174 Å². The summed E-state index contributed by atoms with van der Waals surface area (Å²) in [6.07, 6.45) is 2.54. The molecule has 6 atom stereocenters. The van der Waals surface area contributed by atoms with Crippen molar-refractivity contribution in [3.63, 3.8) is 0 Å². The van der Waals surface area contributed by atoms with Gasteiger partial charge in [-0.15, -0.1) is 11.3 Å². The van der Waals surface area contributed by atoms with Gasteiger partial charge in [0, 0.05) is 22.4 Å². The number of carbonyl (C=O) groups excluding carboxylic acids is 3. The summed E-state index contributed by atoms with van der Waals surface area (Å²) in [6, 6.07) is 2.20. The molecule has 1 amide bonds. The number of aryl methyl sites for hydroxylation is 1. The maximum absolute atomic E-state index is 13.9. The second kappa shape index (κ2) is 9.12. The number of aliphatic hydroxyl groups is 3. The summed E-state index contributed by atoms with van der Waals surface area (Å²) in [6.45, 7) is 1.89. The second-order valence-corrected chi connectivity index (χ2v) is 11.3. The molecule has 11 heteroatoms. The molecule has 2 aromatic rings. The lowest BCUT2D eigenvalue weighted by molar-refractivity contribution is -0.184. The zero-order chi connectivity index (χ0) is 27.7. The van der Waals surface area contributed by atoms with Gasteiger partial charge in [-0.3, -0.25) is 14.4 Å². The Morgan fingerprint density at radius 3 is 2.55 bits per heavy atom. The van der Waals surface area contributed by atoms with E-state index in [1.165, 1.54) is 17.4 Å². The average molecular weight is 540 g/mol. The van der Waals surface area contributed by atoms with Crippen LogP contribution in [0.25, 0.3) is 17.9 Å². The summed E-state index contributed by atoms with van der Waals surface area (Å²) in [5.74, 6) is -7.55. The molecule has 3 aliphatic carbocycles. The molecule has 0 spiro atoms. The van der Waals surface area contributed by atoms with Crippen molar-refractivity contribution in [2.75, 3.05) is 14.1 Å². The first-order valence-corrected chi connectivity index (χ1v) is 13.1. The third kappa shape index (κ3) is 3.64. The number of aliphatic hydroxyl groups excluding tert-OH is 2. The minimum atomic E-state index is -2.66. The summed E-state index contributed by atoms with van der Waals surface area (Å²) in [5.41, 5.74) is 6.58. The van der Waals surface area contributed by atoms with Crippen LogP contribution in [-0.4, -0.2) is 79.6 Å². The Morgan fingerprint density at radius 1 is 1.24 bits per heavy atom. The maximum atomic E-state index is 13.9. The van der Waals surface area contributed by atoms with Gasteiger partial charge in [0.2, 0.25) is 11.7 Å². The van der Waals surface area contributed by atoms with Crippen molar-refractivity contribution in [3.8, 4) is 5.75 Å². The van der Waals surface area contributed by atoms with E-state index in [0.29, 0.717) is 5.56 Å². The van der Waals surface area contributed by atoms with E-state index in [-0.39, 0.29) is 29.7 Å². The Kier molecular flexibility index (Phi) is 6.30. The lowest BCUT2D eigenvalue weighted by Crippen LogP contribution is -2.73. The van der Waals surface area contributed by atoms with Gasteiger partial charge in [-0.2, -0.15) is 0 Å². The minimum absolute atomic E-state index is 0.0636. The van der Waals surface area contributed by atoms with E-state index in [0.717, 1.165) is 16.1 Å². The highest BCUT2D eigenvalue weighted by atomic mass is 32.1. The molecule has 2 unspecified atom stereocenters. The van der Waals surface area contributed by atoms with Crippen molar-refractivity contribution >= 4 is 46.7 Å². The maximum Gasteiger partial charge on any atom is 0.230 e. The van der Waals surface area contributed by atoms with Crippen molar-refractivity contribution in [2.24, 2.45) is 23.5 Å². The molecule has 1 aromatic heterocycles. The van der Waals surface area contributed by atoms with Crippen LogP contribution < -0.4 is 5.73 Å². The highest BCUT2D eigenvalue weighted by Crippen LogP contribution is 2.52. The van der Waals surface area contributed by atoms with Crippen LogP contribution in [0, 0.1) is 24.7 Å². The second-order valence-electron chi connectivity index (χ2n) is 10.5. The van der Waals surface area contributed by atoms with Crippen LogP contribution in [-0.2, 0) is 20.8 Å². The molecule has 10 nitrogen and oxygen atoms in total. The molecule has 0 aliphatic heterocycles. The number of rotatable bonds is 4. The number of likely N-dealkylation sites (N-methyl/N-ethyl adjacent to an activating group) is 1. The third-order valence-corrected chi connectivity index (χ3v) is 9.10. The van der Waals surface area contributed by atoms with Gasteiger partial charge in [-0.25, -0.2) is 4.98 Å². The molecule has 0 bridgehead atoms. The molecule has 1 aromatic carbocycles. The molecule has 2 fully saturated rings. The standard InChI is InChI=1S/C27H29N3O7S/c1-11-17(38-10-29-11)7-5-12-4-6-16(31)19-14(12)8-13-9-15-21(30(2)3)23(33)20(26(28)36)25(35)27(15,37)24(34)18(13)22(19)32/h4-7,10,13,15,20-21,23,31-33,37H,8-9H2,1-3H3,(H2,28,36)/b7-5+/t13-,15-,20?,21-,23?,27-/m0/s1. The van der Waals surface area contributed by atoms with Crippen molar-refractivity contribution in [1.82, 2.24) is 9.88 Å². The third-order valence-electron chi connectivity index (χ3n) is 8.21. The van der Waals surface area contributed by atoms with Crippen LogP contribution in [0.15, 0.2) is 23.2 Å². The molecule has 200 valence electrons. The number of primary amides is 1. The van der Waals surface area contributed by atoms with E-state index >= 15 is 0 Å². The van der Waals surface area contributed by atoms with Gasteiger partial charge < -0.3 is 31.1 Å². The number of carbonyl (C=O) groups is 3. The fourth-order valence-corrected chi connectivity index (χ4v) is 7.12. The number of nitrogens with two attached hydrogens (primary N) is 1. The number of aromatic hydroxyl groups is 1. The van der Waals surface area contributed by atoms with E-state index in [1.807, 2.05) is 19.1 Å². The fourth-order valence-electron chi connectivity index (χ4n) is 6.42. The summed E-state index contributed by atoms with van der Waals surface area (Å²) in [4.78, 5) is 46.1. The number of phenols is 1. The van der Waals surface area contributed by atoms with Crippen LogP contribution in [0.1, 0.15) is 33.7 Å². The quantitative estimate of drug-likeness (QED) is 0.356. The van der Waals surface area contributed by atoms with Gasteiger partial charge in [-0.05, 0) is 63.0 Å². The molecular formula is C27H29N3O7S. The Morgan fingerprint density at radius 2 is 1.95 bits per heavy atom. The predicted molar refractivity (Wildman–Crippen MR) is 140 cm³/mol. The molecule has 0 radical (unpaired) electrons. The number of fused-ring (bicyclic) bond motifs is 3. The van der Waals surface area contributed by atoms with E-state index in [9.17, 15) is 34.8 Å². The van der Waals surface area contributed by atoms with Crippen molar-refractivity contribution in [1.29, 1.82) is 0 Å². The van der Waals surface area contributed by atoms with Crippen LogP contribution in [0.2, 0.25) is 0 Å². The van der Waals surface area contributed by atoms with E-state index in [1.54, 1.807) is 30.6 Å². The Balaban J connectivity index is 1.65. The average Bonchev–Trinajstić information content (AvgIpc) is 3.25. The van der Waals surface area contributed by atoms with Gasteiger partial charge in [0.15, 0.2) is 11.4 Å². The fraction of sp³-hybridized carbons (Fsp3) is 0.407. The van der Waals surface area contributed by atoms with Crippen molar-refractivity contribution in [2.45, 2.75) is 37.5 Å². The first-order chi connectivity index (χ1) is 17.9. The highest BCUT2D eigenvalue weighted by molar-refractivity contribution is 7.10. The van der Waals surface area contributed by atoms with Crippen LogP contribution in [0.3, 0.4) is 0 Å². The number of ketones is 2. The Hall–Kier alpha value is -3.38. The molecule has 0 saturated heterocycles. The van der Waals surface area contributed by atoms with Gasteiger partial charge in [0.05, 0.1) is 22.9 Å².